The van der Waals surface area contributed by atoms with Gasteiger partial charge < -0.3 is 5.32 Å². The van der Waals surface area contributed by atoms with Crippen LogP contribution in [0.15, 0.2) is 22.5 Å². The molecule has 0 spiro atoms. The molecule has 2 aromatic rings. The van der Waals surface area contributed by atoms with Gasteiger partial charge in [0.25, 0.3) is 0 Å². The second-order valence-corrected chi connectivity index (χ2v) is 11.6. The number of nitrogens with two attached hydrogens (primary N) is 1. The van der Waals surface area contributed by atoms with Crippen molar-refractivity contribution in [3.63, 3.8) is 0 Å². The highest BCUT2D eigenvalue weighted by Crippen LogP contribution is 2.43. The lowest BCUT2D eigenvalue weighted by Crippen LogP contribution is -2.29. The zero-order valence-electron chi connectivity index (χ0n) is 17.6. The molecule has 164 valence electrons. The van der Waals surface area contributed by atoms with Crippen LogP contribution in [-0.2, 0) is 16.4 Å². The fourth-order valence-corrected chi connectivity index (χ4v) is 6.39. The molecule has 0 aliphatic carbocycles. The van der Waals surface area contributed by atoms with E-state index in [1.54, 1.807) is 11.6 Å². The minimum absolute atomic E-state index is 0.204. The summed E-state index contributed by atoms with van der Waals surface area (Å²) < 4.78 is 39.4. The van der Waals surface area contributed by atoms with Crippen LogP contribution in [-0.4, -0.2) is 44.0 Å². The molecule has 0 bridgehead atoms. The lowest BCUT2D eigenvalue weighted by Gasteiger charge is -2.24. The molecule has 3 heterocycles. The van der Waals surface area contributed by atoms with Gasteiger partial charge in [0.2, 0.25) is 10.0 Å². The summed E-state index contributed by atoms with van der Waals surface area (Å²) in [6.45, 7) is 9.49. The third-order valence-corrected chi connectivity index (χ3v) is 8.08. The van der Waals surface area contributed by atoms with Crippen molar-refractivity contribution in [3.05, 3.63) is 29.0 Å². The number of fused-ring (bicyclic) bond motifs is 1. The molecule has 2 atom stereocenters. The number of benzene rings is 1. The fraction of sp³-hybridized carbons (Fsp3) is 0.571. The Balaban J connectivity index is 1.70. The molecule has 1 unspecified atom stereocenters. The van der Waals surface area contributed by atoms with Crippen molar-refractivity contribution in [2.45, 2.75) is 51.0 Å². The zero-order valence-corrected chi connectivity index (χ0v) is 19.2. The molecule has 2 aliphatic rings. The van der Waals surface area contributed by atoms with Crippen LogP contribution in [0.25, 0.3) is 10.6 Å². The number of anilines is 1. The van der Waals surface area contributed by atoms with Crippen molar-refractivity contribution in [1.82, 2.24) is 9.88 Å². The number of sulfonamides is 1. The monoisotopic (exact) mass is 452 g/mol. The van der Waals surface area contributed by atoms with Gasteiger partial charge in [-0.05, 0) is 48.8 Å². The second kappa shape index (κ2) is 7.85. The molecule has 6 nitrogen and oxygen atoms in total. The molecular formula is C21H29FN4O2S2. The van der Waals surface area contributed by atoms with Gasteiger partial charge in [-0.3, -0.25) is 4.90 Å². The van der Waals surface area contributed by atoms with E-state index in [1.165, 1.54) is 17.4 Å². The van der Waals surface area contributed by atoms with E-state index >= 15 is 4.39 Å². The van der Waals surface area contributed by atoms with Crippen molar-refractivity contribution >= 4 is 27.0 Å². The molecule has 2 saturated heterocycles. The molecular weight excluding hydrogens is 423 g/mol. The van der Waals surface area contributed by atoms with Gasteiger partial charge in [-0.1, -0.05) is 20.8 Å². The third kappa shape index (κ3) is 4.00. The molecule has 2 fully saturated rings. The lowest BCUT2D eigenvalue weighted by molar-refractivity contribution is 0.285. The molecule has 30 heavy (non-hydrogen) atoms. The maximum Gasteiger partial charge on any atom is 0.241 e. The van der Waals surface area contributed by atoms with Gasteiger partial charge in [-0.25, -0.2) is 22.9 Å². The molecule has 3 N–H and O–H groups in total. The Labute approximate surface area is 181 Å². The summed E-state index contributed by atoms with van der Waals surface area (Å²) in [7, 11) is -4.18. The number of rotatable bonds is 6. The highest BCUT2D eigenvalue weighted by molar-refractivity contribution is 7.89. The first-order valence-corrected chi connectivity index (χ1v) is 12.8. The van der Waals surface area contributed by atoms with Crippen LogP contribution in [0.3, 0.4) is 0 Å². The minimum atomic E-state index is -4.18. The summed E-state index contributed by atoms with van der Waals surface area (Å²) in [6, 6.07) is 1.90. The van der Waals surface area contributed by atoms with Crippen LogP contribution in [0.4, 0.5) is 10.1 Å². The van der Waals surface area contributed by atoms with Crippen molar-refractivity contribution in [1.29, 1.82) is 0 Å². The first kappa shape index (κ1) is 21.7. The number of hydrogen-bond donors (Lipinski definition) is 2. The Morgan fingerprint density at radius 3 is 2.83 bits per heavy atom. The van der Waals surface area contributed by atoms with Crippen molar-refractivity contribution in [2.24, 2.45) is 16.5 Å². The number of aromatic nitrogens is 1. The number of hydrogen-bond acceptors (Lipinski definition) is 6. The molecule has 0 amide bonds. The van der Waals surface area contributed by atoms with Crippen LogP contribution in [0.2, 0.25) is 0 Å². The number of nitrogens with zero attached hydrogens (tertiary/aromatic N) is 2. The van der Waals surface area contributed by atoms with Crippen molar-refractivity contribution < 1.29 is 12.8 Å². The highest BCUT2D eigenvalue weighted by Gasteiger charge is 2.44. The first-order valence-electron chi connectivity index (χ1n) is 10.4. The van der Waals surface area contributed by atoms with Crippen LogP contribution < -0.4 is 10.5 Å². The second-order valence-electron chi connectivity index (χ2n) is 9.17. The number of halogens is 1. The van der Waals surface area contributed by atoms with Gasteiger partial charge in [0.05, 0.1) is 11.3 Å². The van der Waals surface area contributed by atoms with Gasteiger partial charge in [0.1, 0.15) is 9.90 Å². The van der Waals surface area contributed by atoms with Gasteiger partial charge in [0, 0.05) is 30.7 Å². The van der Waals surface area contributed by atoms with Gasteiger partial charge in [0.15, 0.2) is 5.82 Å². The van der Waals surface area contributed by atoms with E-state index in [1.807, 2.05) is 6.92 Å². The van der Waals surface area contributed by atoms with Crippen LogP contribution in [0.5, 0.6) is 0 Å². The topological polar surface area (TPSA) is 88.3 Å². The largest absolute Gasteiger partial charge is 0.384 e. The molecule has 1 aromatic carbocycles. The molecule has 9 heteroatoms. The zero-order chi connectivity index (χ0) is 21.7. The van der Waals surface area contributed by atoms with Crippen LogP contribution in [0.1, 0.15) is 39.2 Å². The molecule has 0 radical (unpaired) electrons. The Hall–Kier alpha value is -1.55. The van der Waals surface area contributed by atoms with E-state index in [9.17, 15) is 8.42 Å². The van der Waals surface area contributed by atoms with E-state index in [4.69, 9.17) is 5.14 Å². The van der Waals surface area contributed by atoms with Gasteiger partial charge in [-0.15, -0.1) is 11.3 Å². The normalized spacial score (nSPS) is 23.6. The first-order chi connectivity index (χ1) is 14.1. The molecule has 0 saturated carbocycles. The average Bonchev–Trinajstić information content (AvgIpc) is 3.35. The summed E-state index contributed by atoms with van der Waals surface area (Å²) in [5.41, 5.74) is 1.89. The molecule has 4 rings (SSSR count). The fourth-order valence-electron chi connectivity index (χ4n) is 5.05. The Bertz CT molecular complexity index is 1040. The van der Waals surface area contributed by atoms with Crippen LogP contribution >= 0.6 is 11.3 Å². The summed E-state index contributed by atoms with van der Waals surface area (Å²) in [4.78, 5) is 6.35. The predicted molar refractivity (Wildman–Crippen MR) is 119 cm³/mol. The molecule has 2 aliphatic heterocycles. The smallest absolute Gasteiger partial charge is 0.241 e. The summed E-state index contributed by atoms with van der Waals surface area (Å²) in [5, 5.41) is 11.0. The number of nitrogens with one attached hydrogen (secondary N) is 1. The third-order valence-electron chi connectivity index (χ3n) is 6.38. The van der Waals surface area contributed by atoms with Gasteiger partial charge >= 0.3 is 0 Å². The van der Waals surface area contributed by atoms with Crippen molar-refractivity contribution in [2.75, 3.05) is 25.0 Å². The number of primary sulfonamides is 1. The Morgan fingerprint density at radius 2 is 2.20 bits per heavy atom. The number of thiazole rings is 1. The van der Waals surface area contributed by atoms with E-state index < -0.39 is 20.7 Å². The quantitative estimate of drug-likeness (QED) is 0.698. The average molecular weight is 453 g/mol. The highest BCUT2D eigenvalue weighted by atomic mass is 32.2. The summed E-state index contributed by atoms with van der Waals surface area (Å²) in [5.74, 6) is -0.358. The van der Waals surface area contributed by atoms with E-state index in [-0.39, 0.29) is 5.56 Å². The summed E-state index contributed by atoms with van der Waals surface area (Å²) in [6.07, 6.45) is 4.42. The standard InChI is InChI=1S/C21H29FN4O2S2/c1-4-13-9-16(30(23,27)28)18(22)17(20-24-6-8-29-20)19(13)25-11-14-5-7-26-12-21(2,3)10-15(14)26/h6,8-9,14-15,25H,4-5,7,10-12H2,1-3H3,(H2,23,27,28)/t14-,15?/m0/s1. The maximum absolute atomic E-state index is 15.4. The van der Waals surface area contributed by atoms with E-state index in [0.29, 0.717) is 34.5 Å². The molecule has 1 aromatic heterocycles. The minimum Gasteiger partial charge on any atom is -0.384 e. The predicted octanol–water partition coefficient (Wildman–Crippen LogP) is 3.69. The van der Waals surface area contributed by atoms with Crippen LogP contribution in [0, 0.1) is 17.2 Å². The summed E-state index contributed by atoms with van der Waals surface area (Å²) >= 11 is 1.28. The number of aryl methyl sites for hydroxylation is 1. The van der Waals surface area contributed by atoms with Crippen molar-refractivity contribution in [3.8, 4) is 10.6 Å². The van der Waals surface area contributed by atoms with Gasteiger partial charge in [-0.2, -0.15) is 0 Å². The Morgan fingerprint density at radius 1 is 1.43 bits per heavy atom. The Kier molecular flexibility index (Phi) is 5.67. The SMILES string of the molecule is CCc1cc(S(N)(=O)=O)c(F)c(-c2nccs2)c1NC[C@@H]1CCN2CC(C)(C)CC12. The lowest BCUT2D eigenvalue weighted by atomic mass is 9.86. The van der Waals surface area contributed by atoms with E-state index in [0.717, 1.165) is 38.0 Å². The van der Waals surface area contributed by atoms with E-state index in [2.05, 4.69) is 29.0 Å². The maximum atomic E-state index is 15.4.